The second-order valence-corrected chi connectivity index (χ2v) is 6.15. The molecule has 1 heterocycles. The fourth-order valence-electron chi connectivity index (χ4n) is 2.89. The highest BCUT2D eigenvalue weighted by molar-refractivity contribution is 5.84. The van der Waals surface area contributed by atoms with Gasteiger partial charge in [-0.25, -0.2) is 4.79 Å². The maximum Gasteiger partial charge on any atom is 0.315 e. The Morgan fingerprint density at radius 2 is 1.96 bits per heavy atom. The molecule has 0 spiro atoms. The SMILES string of the molecule is Cc1ccc2c(CCNC(=O)NC(C)c3ccccc3)c[nH]c2c1. The van der Waals surface area contributed by atoms with E-state index in [9.17, 15) is 4.79 Å². The second-order valence-electron chi connectivity index (χ2n) is 6.15. The maximum atomic E-state index is 12.0. The van der Waals surface area contributed by atoms with E-state index < -0.39 is 0 Å². The molecule has 24 heavy (non-hydrogen) atoms. The molecule has 1 aromatic heterocycles. The van der Waals surface area contributed by atoms with Crippen LogP contribution in [-0.2, 0) is 6.42 Å². The van der Waals surface area contributed by atoms with Crippen molar-refractivity contribution in [2.75, 3.05) is 6.54 Å². The molecule has 3 aromatic rings. The van der Waals surface area contributed by atoms with Crippen molar-refractivity contribution in [1.29, 1.82) is 0 Å². The highest BCUT2D eigenvalue weighted by Gasteiger charge is 2.09. The quantitative estimate of drug-likeness (QED) is 0.651. The molecule has 1 atom stereocenters. The summed E-state index contributed by atoms with van der Waals surface area (Å²) in [5.41, 5.74) is 4.71. The zero-order chi connectivity index (χ0) is 16.9. The van der Waals surface area contributed by atoms with Crippen molar-refractivity contribution in [3.63, 3.8) is 0 Å². The molecule has 0 saturated carbocycles. The van der Waals surface area contributed by atoms with E-state index in [2.05, 4.69) is 40.7 Å². The number of nitrogens with one attached hydrogen (secondary N) is 3. The van der Waals surface area contributed by atoms with Crippen molar-refractivity contribution in [2.24, 2.45) is 0 Å². The monoisotopic (exact) mass is 321 g/mol. The van der Waals surface area contributed by atoms with Crippen LogP contribution >= 0.6 is 0 Å². The highest BCUT2D eigenvalue weighted by atomic mass is 16.2. The van der Waals surface area contributed by atoms with Gasteiger partial charge < -0.3 is 15.6 Å². The molecule has 2 amide bonds. The third-order valence-corrected chi connectivity index (χ3v) is 4.25. The van der Waals surface area contributed by atoms with Gasteiger partial charge in [0.25, 0.3) is 0 Å². The second kappa shape index (κ2) is 7.21. The Hall–Kier alpha value is -2.75. The molecule has 3 N–H and O–H groups in total. The van der Waals surface area contributed by atoms with Crippen LogP contribution in [0.25, 0.3) is 10.9 Å². The number of benzene rings is 2. The van der Waals surface area contributed by atoms with Crippen molar-refractivity contribution >= 4 is 16.9 Å². The number of aryl methyl sites for hydroxylation is 1. The van der Waals surface area contributed by atoms with Crippen LogP contribution in [0.15, 0.2) is 54.7 Å². The number of rotatable bonds is 5. The van der Waals surface area contributed by atoms with E-state index in [1.807, 2.05) is 43.5 Å². The van der Waals surface area contributed by atoms with Gasteiger partial charge in [-0.1, -0.05) is 42.5 Å². The number of hydrogen-bond donors (Lipinski definition) is 3. The van der Waals surface area contributed by atoms with Gasteiger partial charge in [0.15, 0.2) is 0 Å². The van der Waals surface area contributed by atoms with Gasteiger partial charge >= 0.3 is 6.03 Å². The van der Waals surface area contributed by atoms with Gasteiger partial charge in [0.2, 0.25) is 0 Å². The van der Waals surface area contributed by atoms with Crippen LogP contribution in [0, 0.1) is 6.92 Å². The minimum Gasteiger partial charge on any atom is -0.361 e. The molecule has 0 saturated heterocycles. The van der Waals surface area contributed by atoms with Crippen LogP contribution in [0.4, 0.5) is 4.79 Å². The predicted octanol–water partition coefficient (Wildman–Crippen LogP) is 4.08. The number of carbonyl (C=O) groups is 1. The van der Waals surface area contributed by atoms with Crippen LogP contribution in [0.2, 0.25) is 0 Å². The summed E-state index contributed by atoms with van der Waals surface area (Å²) in [6.45, 7) is 4.67. The molecule has 1 unspecified atom stereocenters. The van der Waals surface area contributed by atoms with E-state index in [0.717, 1.165) is 17.5 Å². The minimum absolute atomic E-state index is 0.0118. The summed E-state index contributed by atoms with van der Waals surface area (Å²) < 4.78 is 0. The zero-order valence-electron chi connectivity index (χ0n) is 14.1. The van der Waals surface area contributed by atoms with E-state index in [1.165, 1.54) is 16.5 Å². The van der Waals surface area contributed by atoms with E-state index in [0.29, 0.717) is 6.54 Å². The standard InChI is InChI=1S/C20H23N3O/c1-14-8-9-18-17(13-22-19(18)12-14)10-11-21-20(24)23-15(2)16-6-4-3-5-7-16/h3-9,12-13,15,22H,10-11H2,1-2H3,(H2,21,23,24). The first-order chi connectivity index (χ1) is 11.6. The van der Waals surface area contributed by atoms with Crippen LogP contribution in [0.5, 0.6) is 0 Å². The minimum atomic E-state index is -0.137. The Bertz CT molecular complexity index is 823. The zero-order valence-corrected chi connectivity index (χ0v) is 14.1. The summed E-state index contributed by atoms with van der Waals surface area (Å²) in [6, 6.07) is 16.2. The molecule has 0 radical (unpaired) electrons. The van der Waals surface area contributed by atoms with Gasteiger partial charge in [0, 0.05) is 23.6 Å². The molecule has 0 aliphatic rings. The molecule has 0 aliphatic carbocycles. The molecule has 124 valence electrons. The summed E-state index contributed by atoms with van der Waals surface area (Å²) >= 11 is 0. The average molecular weight is 321 g/mol. The van der Waals surface area contributed by atoms with Gasteiger partial charge in [-0.2, -0.15) is 0 Å². The largest absolute Gasteiger partial charge is 0.361 e. The fraction of sp³-hybridized carbons (Fsp3) is 0.250. The van der Waals surface area contributed by atoms with Gasteiger partial charge in [-0.15, -0.1) is 0 Å². The van der Waals surface area contributed by atoms with Crippen molar-refractivity contribution in [3.8, 4) is 0 Å². The first kappa shape index (κ1) is 16.1. The number of hydrogen-bond acceptors (Lipinski definition) is 1. The molecule has 2 aromatic carbocycles. The number of carbonyl (C=O) groups excluding carboxylic acids is 1. The third kappa shape index (κ3) is 3.77. The van der Waals surface area contributed by atoms with Crippen molar-refractivity contribution in [2.45, 2.75) is 26.3 Å². The summed E-state index contributed by atoms with van der Waals surface area (Å²) in [5.74, 6) is 0. The smallest absolute Gasteiger partial charge is 0.315 e. The Kier molecular flexibility index (Phi) is 4.85. The van der Waals surface area contributed by atoms with Crippen LogP contribution in [0.1, 0.15) is 29.7 Å². The summed E-state index contributed by atoms with van der Waals surface area (Å²) in [6.07, 6.45) is 2.83. The van der Waals surface area contributed by atoms with Crippen LogP contribution in [-0.4, -0.2) is 17.6 Å². The van der Waals surface area contributed by atoms with Gasteiger partial charge in [-0.05, 0) is 43.0 Å². The number of fused-ring (bicyclic) bond motifs is 1. The number of aromatic amines is 1. The van der Waals surface area contributed by atoms with Gasteiger partial charge in [0.05, 0.1) is 6.04 Å². The van der Waals surface area contributed by atoms with Crippen LogP contribution in [0.3, 0.4) is 0 Å². The van der Waals surface area contributed by atoms with E-state index in [1.54, 1.807) is 0 Å². The Balaban J connectivity index is 1.51. The Morgan fingerprint density at radius 1 is 1.17 bits per heavy atom. The lowest BCUT2D eigenvalue weighted by Gasteiger charge is -2.15. The molecular formula is C20H23N3O. The number of aromatic nitrogens is 1. The molecule has 3 rings (SSSR count). The summed E-state index contributed by atoms with van der Waals surface area (Å²) in [4.78, 5) is 15.3. The highest BCUT2D eigenvalue weighted by Crippen LogP contribution is 2.19. The van der Waals surface area contributed by atoms with Crippen LogP contribution < -0.4 is 10.6 Å². The number of amides is 2. The Labute approximate surface area is 142 Å². The first-order valence-corrected chi connectivity index (χ1v) is 8.29. The first-order valence-electron chi connectivity index (χ1n) is 8.29. The van der Waals surface area contributed by atoms with E-state index in [4.69, 9.17) is 0 Å². The normalized spacial score (nSPS) is 12.1. The lowest BCUT2D eigenvalue weighted by Crippen LogP contribution is -2.38. The van der Waals surface area contributed by atoms with Crippen molar-refractivity contribution < 1.29 is 4.79 Å². The summed E-state index contributed by atoms with van der Waals surface area (Å²) in [5, 5.41) is 7.12. The van der Waals surface area contributed by atoms with E-state index in [-0.39, 0.29) is 12.1 Å². The number of urea groups is 1. The molecular weight excluding hydrogens is 298 g/mol. The molecule has 0 bridgehead atoms. The fourth-order valence-corrected chi connectivity index (χ4v) is 2.89. The van der Waals surface area contributed by atoms with Crippen molar-refractivity contribution in [1.82, 2.24) is 15.6 Å². The van der Waals surface area contributed by atoms with Gasteiger partial charge in [-0.3, -0.25) is 0 Å². The lowest BCUT2D eigenvalue weighted by atomic mass is 10.1. The van der Waals surface area contributed by atoms with Crippen molar-refractivity contribution in [3.05, 3.63) is 71.4 Å². The number of H-pyrrole nitrogens is 1. The molecule has 0 fully saturated rings. The predicted molar refractivity (Wildman–Crippen MR) is 98.1 cm³/mol. The average Bonchev–Trinajstić information content (AvgIpc) is 2.97. The molecule has 4 heteroatoms. The van der Waals surface area contributed by atoms with E-state index >= 15 is 0 Å². The third-order valence-electron chi connectivity index (χ3n) is 4.25. The lowest BCUT2D eigenvalue weighted by molar-refractivity contribution is 0.238. The Morgan fingerprint density at radius 3 is 2.75 bits per heavy atom. The molecule has 4 nitrogen and oxygen atoms in total. The van der Waals surface area contributed by atoms with Gasteiger partial charge in [0.1, 0.15) is 0 Å². The molecule has 0 aliphatic heterocycles. The topological polar surface area (TPSA) is 56.9 Å². The summed E-state index contributed by atoms with van der Waals surface area (Å²) in [7, 11) is 0. The maximum absolute atomic E-state index is 12.0.